The molecule has 0 unspecified atom stereocenters. The topological polar surface area (TPSA) is 67.8 Å². The Bertz CT molecular complexity index is 1040. The molecule has 0 saturated carbocycles. The van der Waals surface area contributed by atoms with Crippen LogP contribution < -0.4 is 14.4 Å². The molecule has 1 aliphatic heterocycles. The summed E-state index contributed by atoms with van der Waals surface area (Å²) < 4.78 is 11.7. The highest BCUT2D eigenvalue weighted by Gasteiger charge is 2.24. The second-order valence-electron chi connectivity index (χ2n) is 7.35. The van der Waals surface area contributed by atoms with Gasteiger partial charge in [0, 0.05) is 50.3 Å². The van der Waals surface area contributed by atoms with Gasteiger partial charge in [0.05, 0.1) is 11.6 Å². The number of piperazine rings is 1. The van der Waals surface area contributed by atoms with E-state index in [0.29, 0.717) is 61.5 Å². The van der Waals surface area contributed by atoms with Crippen LogP contribution in [0.4, 0.5) is 5.82 Å². The summed E-state index contributed by atoms with van der Waals surface area (Å²) in [6.45, 7) is 5.45. The minimum atomic E-state index is -0.0182. The summed E-state index contributed by atoms with van der Waals surface area (Å²) >= 11 is 5.92. The van der Waals surface area contributed by atoms with Crippen molar-refractivity contribution in [1.82, 2.24) is 14.9 Å². The van der Waals surface area contributed by atoms with Crippen molar-refractivity contribution in [2.24, 2.45) is 0 Å². The number of nitrogens with zero attached hydrogens (tertiary/aromatic N) is 4. The van der Waals surface area contributed by atoms with Crippen molar-refractivity contribution >= 4 is 23.3 Å². The maximum absolute atomic E-state index is 13.1. The zero-order chi connectivity index (χ0) is 22.3. The fourth-order valence-corrected chi connectivity index (χ4v) is 3.66. The van der Waals surface area contributed by atoms with E-state index < -0.39 is 0 Å². The van der Waals surface area contributed by atoms with Crippen molar-refractivity contribution in [1.29, 1.82) is 0 Å². The van der Waals surface area contributed by atoms with Crippen LogP contribution in [0.2, 0.25) is 5.02 Å². The third-order valence-corrected chi connectivity index (χ3v) is 5.46. The van der Waals surface area contributed by atoms with E-state index >= 15 is 0 Å². The molecule has 0 atom stereocenters. The summed E-state index contributed by atoms with van der Waals surface area (Å²) in [6, 6.07) is 12.9. The van der Waals surface area contributed by atoms with Crippen LogP contribution in [0.3, 0.4) is 0 Å². The Morgan fingerprint density at radius 1 is 1.00 bits per heavy atom. The van der Waals surface area contributed by atoms with Gasteiger partial charge in [0.1, 0.15) is 12.4 Å². The molecule has 166 valence electrons. The van der Waals surface area contributed by atoms with Crippen LogP contribution in [0.15, 0.2) is 61.1 Å². The van der Waals surface area contributed by atoms with Crippen molar-refractivity contribution in [2.45, 2.75) is 13.5 Å². The van der Waals surface area contributed by atoms with E-state index in [0.717, 1.165) is 11.4 Å². The summed E-state index contributed by atoms with van der Waals surface area (Å²) in [7, 11) is 0. The lowest BCUT2D eigenvalue weighted by Crippen LogP contribution is -2.49. The zero-order valence-corrected chi connectivity index (χ0v) is 18.7. The van der Waals surface area contributed by atoms with Crippen LogP contribution >= 0.6 is 11.6 Å². The van der Waals surface area contributed by atoms with Crippen molar-refractivity contribution in [3.63, 3.8) is 0 Å². The van der Waals surface area contributed by atoms with Crippen molar-refractivity contribution in [3.8, 4) is 11.5 Å². The average molecular weight is 453 g/mol. The lowest BCUT2D eigenvalue weighted by atomic mass is 10.1. The van der Waals surface area contributed by atoms with Gasteiger partial charge in [0.25, 0.3) is 5.91 Å². The number of aromatic nitrogens is 2. The minimum absolute atomic E-state index is 0.0182. The summed E-state index contributed by atoms with van der Waals surface area (Å²) in [5.41, 5.74) is 1.60. The third-order valence-electron chi connectivity index (χ3n) is 5.24. The van der Waals surface area contributed by atoms with Crippen LogP contribution in [-0.4, -0.2) is 53.6 Å². The number of hydrogen-bond donors (Lipinski definition) is 0. The molecule has 8 heteroatoms. The smallest absolute Gasteiger partial charge is 0.254 e. The van der Waals surface area contributed by atoms with E-state index in [1.807, 2.05) is 36.1 Å². The van der Waals surface area contributed by atoms with Gasteiger partial charge in [0.15, 0.2) is 11.5 Å². The van der Waals surface area contributed by atoms with Crippen LogP contribution in [0, 0.1) is 0 Å². The van der Waals surface area contributed by atoms with Gasteiger partial charge in [-0.2, -0.15) is 0 Å². The molecular formula is C24H25ClN4O3. The number of hydrogen-bond acceptors (Lipinski definition) is 6. The molecule has 2 aromatic heterocycles. The van der Waals surface area contributed by atoms with Crippen LogP contribution in [0.5, 0.6) is 11.5 Å². The number of carbonyl (C=O) groups is 1. The molecule has 1 amide bonds. The minimum Gasteiger partial charge on any atom is -0.490 e. The number of anilines is 1. The van der Waals surface area contributed by atoms with Gasteiger partial charge in [-0.25, -0.2) is 4.98 Å². The first-order chi connectivity index (χ1) is 15.6. The fraction of sp³-hybridized carbons (Fsp3) is 0.292. The molecule has 1 aromatic carbocycles. The highest BCUT2D eigenvalue weighted by molar-refractivity contribution is 6.30. The highest BCUT2D eigenvalue weighted by Crippen LogP contribution is 2.30. The number of ether oxygens (including phenoxy) is 2. The van der Waals surface area contributed by atoms with Gasteiger partial charge in [-0.05, 0) is 55.0 Å². The molecule has 1 aliphatic rings. The SMILES string of the molecule is CCOc1cc(C(=O)N2CCN(c3ccc(Cl)cn3)CC2)ccc1OCc1ccncc1. The highest BCUT2D eigenvalue weighted by atomic mass is 35.5. The molecule has 0 aliphatic carbocycles. The molecular weight excluding hydrogens is 428 g/mol. The monoisotopic (exact) mass is 452 g/mol. The number of amides is 1. The van der Waals surface area contributed by atoms with E-state index in [2.05, 4.69) is 14.9 Å². The Labute approximate surface area is 192 Å². The second kappa shape index (κ2) is 10.3. The Balaban J connectivity index is 1.40. The predicted molar refractivity (Wildman–Crippen MR) is 124 cm³/mol. The molecule has 4 rings (SSSR count). The molecule has 1 saturated heterocycles. The van der Waals surface area contributed by atoms with Crippen molar-refractivity contribution in [2.75, 3.05) is 37.7 Å². The number of rotatable bonds is 7. The molecule has 3 aromatic rings. The first kappa shape index (κ1) is 21.9. The van der Waals surface area contributed by atoms with Gasteiger partial charge in [-0.15, -0.1) is 0 Å². The van der Waals surface area contributed by atoms with E-state index in [1.54, 1.807) is 36.8 Å². The van der Waals surface area contributed by atoms with Crippen LogP contribution in [0.25, 0.3) is 0 Å². The quantitative estimate of drug-likeness (QED) is 0.538. The summed E-state index contributed by atoms with van der Waals surface area (Å²) in [5, 5.41) is 0.612. The Morgan fingerprint density at radius 2 is 1.78 bits per heavy atom. The first-order valence-electron chi connectivity index (χ1n) is 10.6. The number of halogens is 1. The van der Waals surface area contributed by atoms with E-state index in [4.69, 9.17) is 21.1 Å². The molecule has 0 bridgehead atoms. The summed E-state index contributed by atoms with van der Waals surface area (Å²) in [6.07, 6.45) is 5.10. The second-order valence-corrected chi connectivity index (χ2v) is 7.79. The lowest BCUT2D eigenvalue weighted by molar-refractivity contribution is 0.0746. The molecule has 0 N–H and O–H groups in total. The Morgan fingerprint density at radius 3 is 2.47 bits per heavy atom. The summed E-state index contributed by atoms with van der Waals surface area (Å²) in [4.78, 5) is 25.5. The molecule has 1 fully saturated rings. The Kier molecular flexibility index (Phi) is 7.07. The van der Waals surface area contributed by atoms with Crippen molar-refractivity contribution < 1.29 is 14.3 Å². The van der Waals surface area contributed by atoms with Gasteiger partial charge in [-0.3, -0.25) is 9.78 Å². The third kappa shape index (κ3) is 5.29. The number of pyridine rings is 2. The van der Waals surface area contributed by atoms with E-state index in [9.17, 15) is 4.79 Å². The van der Waals surface area contributed by atoms with Crippen LogP contribution in [-0.2, 0) is 6.61 Å². The maximum atomic E-state index is 13.1. The van der Waals surface area contributed by atoms with Crippen molar-refractivity contribution in [3.05, 3.63) is 77.2 Å². The number of benzene rings is 1. The van der Waals surface area contributed by atoms with E-state index in [1.165, 1.54) is 0 Å². The van der Waals surface area contributed by atoms with Gasteiger partial charge in [-0.1, -0.05) is 11.6 Å². The molecule has 32 heavy (non-hydrogen) atoms. The Hall–Kier alpha value is -3.32. The van der Waals surface area contributed by atoms with Gasteiger partial charge >= 0.3 is 0 Å². The van der Waals surface area contributed by atoms with Crippen LogP contribution in [0.1, 0.15) is 22.8 Å². The normalized spacial score (nSPS) is 13.7. The average Bonchev–Trinajstić information content (AvgIpc) is 2.84. The molecule has 0 spiro atoms. The number of carbonyl (C=O) groups excluding carboxylic acids is 1. The molecule has 0 radical (unpaired) electrons. The van der Waals surface area contributed by atoms with Gasteiger partial charge in [0.2, 0.25) is 0 Å². The summed E-state index contributed by atoms with van der Waals surface area (Å²) in [5.74, 6) is 2.03. The fourth-order valence-electron chi connectivity index (χ4n) is 3.55. The first-order valence-corrected chi connectivity index (χ1v) is 11.0. The molecule has 7 nitrogen and oxygen atoms in total. The largest absolute Gasteiger partial charge is 0.490 e. The lowest BCUT2D eigenvalue weighted by Gasteiger charge is -2.35. The standard InChI is InChI=1S/C24H25ClN4O3/c1-2-31-22-15-19(3-5-21(22)32-17-18-7-9-26-10-8-18)24(30)29-13-11-28(12-14-29)23-6-4-20(25)16-27-23/h3-10,15-16H,2,11-14,17H2,1H3. The van der Waals surface area contributed by atoms with Gasteiger partial charge < -0.3 is 19.3 Å². The van der Waals surface area contributed by atoms with E-state index in [-0.39, 0.29) is 5.91 Å². The molecule has 3 heterocycles. The zero-order valence-electron chi connectivity index (χ0n) is 17.9. The predicted octanol–water partition coefficient (Wildman–Crippen LogP) is 4.07. The maximum Gasteiger partial charge on any atom is 0.254 e.